The lowest BCUT2D eigenvalue weighted by Gasteiger charge is -2.04. The van der Waals surface area contributed by atoms with Gasteiger partial charge >= 0.3 is 5.97 Å². The van der Waals surface area contributed by atoms with Gasteiger partial charge < -0.3 is 4.74 Å². The number of halogens is 3. The van der Waals surface area contributed by atoms with Crippen molar-refractivity contribution in [3.8, 4) is 0 Å². The van der Waals surface area contributed by atoms with E-state index in [2.05, 4.69) is 15.9 Å². The maximum Gasteiger partial charge on any atom is 0.341 e. The fourth-order valence-corrected chi connectivity index (χ4v) is 2.66. The van der Waals surface area contributed by atoms with Gasteiger partial charge in [0.25, 0.3) is 0 Å². The molecule has 0 radical (unpaired) electrons. The summed E-state index contributed by atoms with van der Waals surface area (Å²) in [7, 11) is 0. The summed E-state index contributed by atoms with van der Waals surface area (Å²) in [6, 6.07) is 7.60. The number of carbonyl (C=O) groups excluding carboxylic acids is 1. The molecule has 0 spiro atoms. The predicted molar refractivity (Wildman–Crippen MR) is 72.5 cm³/mol. The average Bonchev–Trinajstić information content (AvgIpc) is 2.75. The van der Waals surface area contributed by atoms with Crippen LogP contribution >= 0.6 is 38.9 Å². The quantitative estimate of drug-likeness (QED) is 0.753. The molecular formula is C12H7BrClFO2S. The summed E-state index contributed by atoms with van der Waals surface area (Å²) in [6.07, 6.45) is 0. The van der Waals surface area contributed by atoms with Gasteiger partial charge in [-0.1, -0.05) is 27.5 Å². The molecule has 0 saturated heterocycles. The Morgan fingerprint density at radius 1 is 1.39 bits per heavy atom. The van der Waals surface area contributed by atoms with Crippen LogP contribution in [-0.4, -0.2) is 5.97 Å². The van der Waals surface area contributed by atoms with Crippen LogP contribution < -0.4 is 0 Å². The van der Waals surface area contributed by atoms with Crippen LogP contribution in [0.2, 0.25) is 4.34 Å². The molecule has 94 valence electrons. The van der Waals surface area contributed by atoms with Crippen LogP contribution in [0.1, 0.15) is 15.2 Å². The number of carbonyl (C=O) groups is 1. The Morgan fingerprint density at radius 3 is 2.83 bits per heavy atom. The Balaban J connectivity index is 2.05. The number of benzene rings is 1. The molecule has 0 N–H and O–H groups in total. The molecule has 0 aliphatic heterocycles. The number of thiophene rings is 1. The second kappa shape index (κ2) is 5.82. The number of ether oxygens (including phenoxy) is 1. The van der Waals surface area contributed by atoms with Crippen LogP contribution in [0.4, 0.5) is 4.39 Å². The van der Waals surface area contributed by atoms with Crippen LogP contribution in [0.15, 0.2) is 34.8 Å². The Morgan fingerprint density at radius 2 is 2.17 bits per heavy atom. The highest BCUT2D eigenvalue weighted by molar-refractivity contribution is 9.10. The molecule has 1 aromatic heterocycles. The van der Waals surface area contributed by atoms with Crippen molar-refractivity contribution >= 4 is 44.8 Å². The highest BCUT2D eigenvalue weighted by Gasteiger charge is 2.14. The van der Waals surface area contributed by atoms with Gasteiger partial charge in [0.2, 0.25) is 0 Å². The van der Waals surface area contributed by atoms with E-state index < -0.39 is 11.8 Å². The molecule has 2 rings (SSSR count). The van der Waals surface area contributed by atoms with E-state index >= 15 is 0 Å². The lowest BCUT2D eigenvalue weighted by Crippen LogP contribution is -2.07. The van der Waals surface area contributed by atoms with Gasteiger partial charge in [-0.2, -0.15) is 0 Å². The second-order valence-corrected chi connectivity index (χ2v) is 6.12. The van der Waals surface area contributed by atoms with Gasteiger partial charge in [-0.3, -0.25) is 0 Å². The first-order chi connectivity index (χ1) is 8.56. The smallest absolute Gasteiger partial charge is 0.341 e. The van der Waals surface area contributed by atoms with Crippen molar-refractivity contribution < 1.29 is 13.9 Å². The van der Waals surface area contributed by atoms with Crippen molar-refractivity contribution in [2.24, 2.45) is 0 Å². The number of esters is 1. The summed E-state index contributed by atoms with van der Waals surface area (Å²) in [4.78, 5) is 12.5. The van der Waals surface area contributed by atoms with Crippen LogP contribution in [0, 0.1) is 5.82 Å². The third-order valence-electron chi connectivity index (χ3n) is 2.12. The Bertz CT molecular complexity index is 585. The third kappa shape index (κ3) is 3.31. The second-order valence-electron chi connectivity index (χ2n) is 3.41. The van der Waals surface area contributed by atoms with E-state index in [1.807, 2.05) is 0 Å². The van der Waals surface area contributed by atoms with E-state index in [1.165, 1.54) is 29.5 Å². The summed E-state index contributed by atoms with van der Waals surface area (Å²) in [5.74, 6) is -1.30. The van der Waals surface area contributed by atoms with Gasteiger partial charge in [0.15, 0.2) is 0 Å². The minimum absolute atomic E-state index is 0.0855. The van der Waals surface area contributed by atoms with Gasteiger partial charge in [-0.15, -0.1) is 11.3 Å². The zero-order chi connectivity index (χ0) is 13.1. The molecule has 0 bridgehead atoms. The number of hydrogen-bond donors (Lipinski definition) is 0. The summed E-state index contributed by atoms with van der Waals surface area (Å²) >= 11 is 10.2. The van der Waals surface area contributed by atoms with Crippen molar-refractivity contribution in [1.82, 2.24) is 0 Å². The van der Waals surface area contributed by atoms with E-state index in [-0.39, 0.29) is 12.2 Å². The van der Waals surface area contributed by atoms with Crippen molar-refractivity contribution in [3.05, 3.63) is 55.4 Å². The fourth-order valence-electron chi connectivity index (χ4n) is 1.30. The van der Waals surface area contributed by atoms with Gasteiger partial charge in [0.1, 0.15) is 12.4 Å². The zero-order valence-corrected chi connectivity index (χ0v) is 12.1. The average molecular weight is 350 g/mol. The topological polar surface area (TPSA) is 26.3 Å². The van der Waals surface area contributed by atoms with Crippen molar-refractivity contribution in [2.75, 3.05) is 0 Å². The molecule has 18 heavy (non-hydrogen) atoms. The molecule has 0 unspecified atom stereocenters. The van der Waals surface area contributed by atoms with Crippen molar-refractivity contribution in [2.45, 2.75) is 6.61 Å². The first kappa shape index (κ1) is 13.5. The van der Waals surface area contributed by atoms with E-state index in [9.17, 15) is 9.18 Å². The molecule has 0 amide bonds. The lowest BCUT2D eigenvalue weighted by molar-refractivity contribution is 0.0471. The summed E-state index contributed by atoms with van der Waals surface area (Å²) in [5.41, 5.74) is -0.0907. The predicted octanol–water partition coefficient (Wildman–Crippen LogP) is 4.66. The van der Waals surface area contributed by atoms with Gasteiger partial charge in [0.05, 0.1) is 9.90 Å². The fraction of sp³-hybridized carbons (Fsp3) is 0.0833. The van der Waals surface area contributed by atoms with E-state index in [0.29, 0.717) is 8.81 Å². The maximum atomic E-state index is 13.4. The molecule has 6 heteroatoms. The SMILES string of the molecule is O=C(OCc1ccc(Cl)s1)c1cc(Br)ccc1F. The van der Waals surface area contributed by atoms with Crippen LogP contribution in [-0.2, 0) is 11.3 Å². The summed E-state index contributed by atoms with van der Waals surface area (Å²) in [5, 5.41) is 0. The molecule has 2 nitrogen and oxygen atoms in total. The molecule has 0 aliphatic rings. The van der Waals surface area contributed by atoms with Gasteiger partial charge in [-0.25, -0.2) is 9.18 Å². The molecule has 1 aromatic carbocycles. The van der Waals surface area contributed by atoms with Crippen molar-refractivity contribution in [3.63, 3.8) is 0 Å². The molecular weight excluding hydrogens is 343 g/mol. The largest absolute Gasteiger partial charge is 0.456 e. The van der Waals surface area contributed by atoms with Crippen LogP contribution in [0.25, 0.3) is 0 Å². The molecule has 0 aliphatic carbocycles. The van der Waals surface area contributed by atoms with E-state index in [4.69, 9.17) is 16.3 Å². The Hall–Kier alpha value is -0.910. The standard InChI is InChI=1S/C12H7BrClFO2S/c13-7-1-3-10(15)9(5-7)12(16)17-6-8-2-4-11(14)18-8/h1-5H,6H2. The lowest BCUT2D eigenvalue weighted by atomic mass is 10.2. The normalized spacial score (nSPS) is 10.4. The minimum Gasteiger partial charge on any atom is -0.456 e. The molecule has 0 saturated carbocycles. The number of rotatable bonds is 3. The molecule has 0 atom stereocenters. The van der Waals surface area contributed by atoms with Crippen LogP contribution in [0.3, 0.4) is 0 Å². The van der Waals surface area contributed by atoms with E-state index in [0.717, 1.165) is 4.88 Å². The monoisotopic (exact) mass is 348 g/mol. The van der Waals surface area contributed by atoms with Crippen molar-refractivity contribution in [1.29, 1.82) is 0 Å². The Labute approximate surface area is 120 Å². The molecule has 2 aromatic rings. The third-order valence-corrected chi connectivity index (χ3v) is 3.82. The minimum atomic E-state index is -0.696. The summed E-state index contributed by atoms with van der Waals surface area (Å²) < 4.78 is 19.7. The van der Waals surface area contributed by atoms with Gasteiger partial charge in [-0.05, 0) is 30.3 Å². The summed E-state index contributed by atoms with van der Waals surface area (Å²) in [6.45, 7) is 0.0855. The number of hydrogen-bond acceptors (Lipinski definition) is 3. The van der Waals surface area contributed by atoms with Gasteiger partial charge in [0, 0.05) is 9.35 Å². The highest BCUT2D eigenvalue weighted by atomic mass is 79.9. The highest BCUT2D eigenvalue weighted by Crippen LogP contribution is 2.23. The first-order valence-electron chi connectivity index (χ1n) is 4.92. The first-order valence-corrected chi connectivity index (χ1v) is 6.91. The Kier molecular flexibility index (Phi) is 4.37. The zero-order valence-electron chi connectivity index (χ0n) is 8.95. The molecule has 1 heterocycles. The molecule has 0 fully saturated rings. The van der Waals surface area contributed by atoms with E-state index in [1.54, 1.807) is 12.1 Å². The van der Waals surface area contributed by atoms with Crippen LogP contribution in [0.5, 0.6) is 0 Å². The maximum absolute atomic E-state index is 13.4.